The van der Waals surface area contributed by atoms with Crippen molar-refractivity contribution in [2.24, 2.45) is 0 Å². The summed E-state index contributed by atoms with van der Waals surface area (Å²) < 4.78 is 0. The summed E-state index contributed by atoms with van der Waals surface area (Å²) in [5, 5.41) is 11.9. The molecule has 0 aromatic heterocycles. The van der Waals surface area contributed by atoms with E-state index in [1.54, 1.807) is 12.1 Å². The van der Waals surface area contributed by atoms with Crippen LogP contribution in [0.1, 0.15) is 5.56 Å². The first-order valence-electron chi connectivity index (χ1n) is 3.25. The fourth-order valence-electron chi connectivity index (χ4n) is 0.818. The molecule has 0 saturated carbocycles. The van der Waals surface area contributed by atoms with Crippen molar-refractivity contribution < 1.29 is 5.11 Å². The van der Waals surface area contributed by atoms with Crippen LogP contribution in [0, 0.1) is 0 Å². The van der Waals surface area contributed by atoms with Crippen LogP contribution < -0.4 is 5.32 Å². The zero-order valence-corrected chi connectivity index (χ0v) is 7.19. The summed E-state index contributed by atoms with van der Waals surface area (Å²) in [5.74, 6) is 0.319. The number of halogens is 1. The molecule has 0 aliphatic rings. The fraction of sp³-hybridized carbons (Fsp3) is 0.250. The molecule has 1 rings (SSSR count). The molecule has 2 nitrogen and oxygen atoms in total. The van der Waals surface area contributed by atoms with Gasteiger partial charge in [-0.25, -0.2) is 0 Å². The van der Waals surface area contributed by atoms with Crippen LogP contribution in [0.3, 0.4) is 0 Å². The summed E-state index contributed by atoms with van der Waals surface area (Å²) in [5.41, 5.74) is 1.18. The van der Waals surface area contributed by atoms with E-state index in [1.165, 1.54) is 5.56 Å². The van der Waals surface area contributed by atoms with Gasteiger partial charge in [-0.1, -0.05) is 12.1 Å². The summed E-state index contributed by atoms with van der Waals surface area (Å²) >= 11 is 0. The maximum Gasteiger partial charge on any atom is 0.115 e. The van der Waals surface area contributed by atoms with Gasteiger partial charge in [0.15, 0.2) is 0 Å². The average molecular weight is 174 g/mol. The predicted molar refractivity (Wildman–Crippen MR) is 48.1 cm³/mol. The number of aromatic hydroxyl groups is 1. The quantitative estimate of drug-likeness (QED) is 0.711. The van der Waals surface area contributed by atoms with Crippen LogP contribution in [-0.4, -0.2) is 12.2 Å². The van der Waals surface area contributed by atoms with E-state index >= 15 is 0 Å². The van der Waals surface area contributed by atoms with Gasteiger partial charge in [-0.2, -0.15) is 0 Å². The third kappa shape index (κ3) is 3.25. The molecule has 0 unspecified atom stereocenters. The van der Waals surface area contributed by atoms with Crippen LogP contribution in [0.4, 0.5) is 0 Å². The normalized spacial score (nSPS) is 8.82. The van der Waals surface area contributed by atoms with Crippen LogP contribution in [-0.2, 0) is 6.54 Å². The second kappa shape index (κ2) is 4.99. The highest BCUT2D eigenvalue weighted by Crippen LogP contribution is 2.08. The van der Waals surface area contributed by atoms with Crippen LogP contribution >= 0.6 is 12.4 Å². The van der Waals surface area contributed by atoms with Crippen molar-refractivity contribution in [3.63, 3.8) is 0 Å². The van der Waals surface area contributed by atoms with Gasteiger partial charge in [0, 0.05) is 6.54 Å². The molecule has 0 saturated heterocycles. The van der Waals surface area contributed by atoms with E-state index in [4.69, 9.17) is 5.11 Å². The molecule has 1 aromatic rings. The van der Waals surface area contributed by atoms with Gasteiger partial charge in [0.05, 0.1) is 0 Å². The zero-order chi connectivity index (χ0) is 7.40. The molecule has 0 spiro atoms. The Labute approximate surface area is 72.7 Å². The van der Waals surface area contributed by atoms with Gasteiger partial charge >= 0.3 is 0 Å². The lowest BCUT2D eigenvalue weighted by molar-refractivity contribution is 0.475. The number of rotatable bonds is 2. The van der Waals surface area contributed by atoms with Crippen molar-refractivity contribution in [1.29, 1.82) is 0 Å². The number of nitrogens with one attached hydrogen (secondary N) is 1. The number of phenols is 1. The summed E-state index contributed by atoms with van der Waals surface area (Å²) in [6, 6.07) is 7.16. The third-order valence-corrected chi connectivity index (χ3v) is 1.32. The number of hydrogen-bond acceptors (Lipinski definition) is 2. The Balaban J connectivity index is 0.000001000. The highest BCUT2D eigenvalue weighted by molar-refractivity contribution is 5.85. The van der Waals surface area contributed by atoms with Gasteiger partial charge in [-0.3, -0.25) is 0 Å². The Hall–Kier alpha value is -0.730. The second-order valence-electron chi connectivity index (χ2n) is 2.20. The van der Waals surface area contributed by atoms with Gasteiger partial charge in [0.1, 0.15) is 5.75 Å². The van der Waals surface area contributed by atoms with Crippen molar-refractivity contribution in [3.05, 3.63) is 29.8 Å². The van der Waals surface area contributed by atoms with E-state index in [1.807, 2.05) is 19.2 Å². The molecule has 62 valence electrons. The maximum atomic E-state index is 8.90. The van der Waals surface area contributed by atoms with Crippen LogP contribution in [0.25, 0.3) is 0 Å². The molecule has 1 aromatic carbocycles. The van der Waals surface area contributed by atoms with Crippen LogP contribution in [0.5, 0.6) is 5.75 Å². The molecule has 0 fully saturated rings. The Morgan fingerprint density at radius 1 is 1.27 bits per heavy atom. The van der Waals surface area contributed by atoms with Crippen LogP contribution in [0.2, 0.25) is 0 Å². The van der Waals surface area contributed by atoms with E-state index in [9.17, 15) is 0 Å². The molecule has 11 heavy (non-hydrogen) atoms. The summed E-state index contributed by atoms with van der Waals surface area (Å²) in [6.07, 6.45) is 0. The minimum absolute atomic E-state index is 0. The highest BCUT2D eigenvalue weighted by atomic mass is 35.5. The SMILES string of the molecule is CNCc1ccc(O)cc1.Cl. The lowest BCUT2D eigenvalue weighted by Gasteiger charge is -1.98. The van der Waals surface area contributed by atoms with Crippen molar-refractivity contribution in [2.45, 2.75) is 6.54 Å². The van der Waals surface area contributed by atoms with E-state index in [-0.39, 0.29) is 12.4 Å². The number of phenolic OH excluding ortho intramolecular Hbond substituents is 1. The second-order valence-corrected chi connectivity index (χ2v) is 2.20. The van der Waals surface area contributed by atoms with Crippen molar-refractivity contribution in [2.75, 3.05) is 7.05 Å². The third-order valence-electron chi connectivity index (χ3n) is 1.32. The van der Waals surface area contributed by atoms with Crippen molar-refractivity contribution >= 4 is 12.4 Å². The number of hydrogen-bond donors (Lipinski definition) is 2. The fourth-order valence-corrected chi connectivity index (χ4v) is 0.818. The lowest BCUT2D eigenvalue weighted by atomic mass is 10.2. The molecule has 0 heterocycles. The van der Waals surface area contributed by atoms with Crippen molar-refractivity contribution in [1.82, 2.24) is 5.32 Å². The number of benzene rings is 1. The van der Waals surface area contributed by atoms with Gasteiger partial charge in [0.25, 0.3) is 0 Å². The molecular weight excluding hydrogens is 162 g/mol. The van der Waals surface area contributed by atoms with Gasteiger partial charge < -0.3 is 10.4 Å². The standard InChI is InChI=1S/C8H11NO.ClH/c1-9-6-7-2-4-8(10)5-3-7;/h2-5,9-10H,6H2,1H3;1H. The summed E-state index contributed by atoms with van der Waals surface area (Å²) in [4.78, 5) is 0. The topological polar surface area (TPSA) is 32.3 Å². The largest absolute Gasteiger partial charge is 0.508 e. The van der Waals surface area contributed by atoms with Gasteiger partial charge in [0.2, 0.25) is 0 Å². The summed E-state index contributed by atoms with van der Waals surface area (Å²) in [7, 11) is 1.90. The molecule has 0 atom stereocenters. The lowest BCUT2D eigenvalue weighted by Crippen LogP contribution is -2.04. The maximum absolute atomic E-state index is 8.90. The summed E-state index contributed by atoms with van der Waals surface area (Å²) in [6.45, 7) is 0.847. The first-order chi connectivity index (χ1) is 4.83. The molecule has 0 aliphatic heterocycles. The minimum Gasteiger partial charge on any atom is -0.508 e. The highest BCUT2D eigenvalue weighted by Gasteiger charge is 1.88. The molecule has 0 amide bonds. The Morgan fingerprint density at radius 2 is 1.82 bits per heavy atom. The predicted octanol–water partition coefficient (Wildman–Crippen LogP) is 1.53. The zero-order valence-electron chi connectivity index (χ0n) is 6.37. The van der Waals surface area contributed by atoms with Crippen molar-refractivity contribution in [3.8, 4) is 5.75 Å². The van der Waals surface area contributed by atoms with E-state index < -0.39 is 0 Å². The molecule has 0 aliphatic carbocycles. The first-order valence-corrected chi connectivity index (χ1v) is 3.25. The smallest absolute Gasteiger partial charge is 0.115 e. The van der Waals surface area contributed by atoms with Gasteiger partial charge in [-0.05, 0) is 24.7 Å². The Kier molecular flexibility index (Phi) is 4.66. The Morgan fingerprint density at radius 3 is 2.27 bits per heavy atom. The van der Waals surface area contributed by atoms with E-state index in [0.29, 0.717) is 5.75 Å². The van der Waals surface area contributed by atoms with Crippen LogP contribution in [0.15, 0.2) is 24.3 Å². The average Bonchev–Trinajstić information content (AvgIpc) is 1.95. The molecule has 3 heteroatoms. The van der Waals surface area contributed by atoms with Gasteiger partial charge in [-0.15, -0.1) is 12.4 Å². The first kappa shape index (κ1) is 10.3. The molecule has 0 radical (unpaired) electrons. The molecule has 2 N–H and O–H groups in total. The minimum atomic E-state index is 0. The molecular formula is C8H12ClNO. The molecule has 0 bridgehead atoms. The Bertz CT molecular complexity index is 198. The van der Waals surface area contributed by atoms with E-state index in [2.05, 4.69) is 5.32 Å². The monoisotopic (exact) mass is 173 g/mol. The van der Waals surface area contributed by atoms with E-state index in [0.717, 1.165) is 6.54 Å².